The lowest BCUT2D eigenvalue weighted by Crippen LogP contribution is -2.47. The third-order valence-corrected chi connectivity index (χ3v) is 3.54. The molecule has 2 atom stereocenters. The number of carboxylic acid groups (broad SMARTS) is 1. The molecule has 0 fully saturated rings. The summed E-state index contributed by atoms with van der Waals surface area (Å²) in [4.78, 5) is 22.8. The first-order valence-electron chi connectivity index (χ1n) is 7.81. The Labute approximate surface area is 127 Å². The zero-order chi connectivity index (χ0) is 16.1. The monoisotopic (exact) mass is 302 g/mol. The number of aliphatic carboxylic acids is 1. The van der Waals surface area contributed by atoms with Gasteiger partial charge in [-0.1, -0.05) is 33.1 Å². The van der Waals surface area contributed by atoms with Gasteiger partial charge in [0, 0.05) is 20.3 Å². The van der Waals surface area contributed by atoms with Crippen LogP contribution in [0.5, 0.6) is 0 Å². The van der Waals surface area contributed by atoms with Crippen LogP contribution in [0.3, 0.4) is 0 Å². The quantitative estimate of drug-likeness (QED) is 0.483. The van der Waals surface area contributed by atoms with Crippen LogP contribution in [-0.4, -0.2) is 43.4 Å². The number of urea groups is 1. The molecule has 6 nitrogen and oxygen atoms in total. The van der Waals surface area contributed by atoms with Gasteiger partial charge in [0.15, 0.2) is 0 Å². The van der Waals surface area contributed by atoms with Gasteiger partial charge in [0.05, 0.1) is 0 Å². The first kappa shape index (κ1) is 19.7. The maximum Gasteiger partial charge on any atom is 0.326 e. The summed E-state index contributed by atoms with van der Waals surface area (Å²) < 4.78 is 4.89. The van der Waals surface area contributed by atoms with Gasteiger partial charge in [0.2, 0.25) is 0 Å². The average molecular weight is 302 g/mol. The molecule has 124 valence electrons. The lowest BCUT2D eigenvalue weighted by molar-refractivity contribution is -0.139. The van der Waals surface area contributed by atoms with Crippen molar-refractivity contribution in [3.8, 4) is 0 Å². The van der Waals surface area contributed by atoms with E-state index in [1.807, 2.05) is 0 Å². The Kier molecular flexibility index (Phi) is 11.7. The number of hydrogen-bond donors (Lipinski definition) is 3. The maximum absolute atomic E-state index is 11.8. The number of rotatable bonds is 12. The van der Waals surface area contributed by atoms with Crippen molar-refractivity contribution in [2.75, 3.05) is 20.3 Å². The van der Waals surface area contributed by atoms with E-state index in [4.69, 9.17) is 9.84 Å². The Morgan fingerprint density at radius 1 is 1.19 bits per heavy atom. The third-order valence-electron chi connectivity index (χ3n) is 3.54. The first-order valence-corrected chi connectivity index (χ1v) is 7.81. The topological polar surface area (TPSA) is 87.7 Å². The second kappa shape index (κ2) is 12.4. The molecule has 0 aromatic rings. The van der Waals surface area contributed by atoms with Gasteiger partial charge in [-0.15, -0.1) is 0 Å². The fraction of sp³-hybridized carbons (Fsp3) is 0.867. The standard InChI is InChI=1S/C15H30N2O4/c1-4-6-8-12(5-2)11-16-15(20)17-13(14(18)19)9-7-10-21-3/h12-13H,4-11H2,1-3H3,(H,18,19)(H2,16,17,20). The summed E-state index contributed by atoms with van der Waals surface area (Å²) in [7, 11) is 1.57. The minimum atomic E-state index is -1.01. The highest BCUT2D eigenvalue weighted by Crippen LogP contribution is 2.11. The molecule has 0 rings (SSSR count). The average Bonchev–Trinajstić information content (AvgIpc) is 2.46. The molecule has 0 saturated carbocycles. The SMILES string of the molecule is CCCCC(CC)CNC(=O)NC(CCCOC)C(=O)O. The summed E-state index contributed by atoms with van der Waals surface area (Å²) >= 11 is 0. The molecule has 21 heavy (non-hydrogen) atoms. The minimum absolute atomic E-state index is 0.365. The van der Waals surface area contributed by atoms with E-state index in [1.54, 1.807) is 7.11 Å². The molecule has 2 amide bonds. The van der Waals surface area contributed by atoms with Crippen LogP contribution in [-0.2, 0) is 9.53 Å². The first-order chi connectivity index (χ1) is 10.0. The largest absolute Gasteiger partial charge is 0.480 e. The molecular formula is C15H30N2O4. The van der Waals surface area contributed by atoms with Gasteiger partial charge in [0.25, 0.3) is 0 Å². The molecule has 3 N–H and O–H groups in total. The number of carbonyl (C=O) groups is 2. The fourth-order valence-corrected chi connectivity index (χ4v) is 2.08. The number of nitrogens with one attached hydrogen (secondary N) is 2. The number of carbonyl (C=O) groups excluding carboxylic acids is 1. The fourth-order valence-electron chi connectivity index (χ4n) is 2.08. The number of hydrogen-bond acceptors (Lipinski definition) is 3. The van der Waals surface area contributed by atoms with Gasteiger partial charge in [-0.05, 0) is 25.2 Å². The van der Waals surface area contributed by atoms with Crippen LogP contribution in [0.1, 0.15) is 52.4 Å². The minimum Gasteiger partial charge on any atom is -0.480 e. The number of unbranched alkanes of at least 4 members (excludes halogenated alkanes) is 1. The Morgan fingerprint density at radius 2 is 1.90 bits per heavy atom. The number of methoxy groups -OCH3 is 1. The number of amides is 2. The third kappa shape index (κ3) is 10.1. The summed E-state index contributed by atoms with van der Waals surface area (Å²) in [6.45, 7) is 5.32. The maximum atomic E-state index is 11.8. The molecule has 6 heteroatoms. The molecule has 0 radical (unpaired) electrons. The second-order valence-corrected chi connectivity index (χ2v) is 5.30. The zero-order valence-corrected chi connectivity index (χ0v) is 13.5. The Morgan fingerprint density at radius 3 is 2.43 bits per heavy atom. The van der Waals surface area contributed by atoms with E-state index in [-0.39, 0.29) is 0 Å². The Bertz CT molecular complexity index is 297. The van der Waals surface area contributed by atoms with Crippen molar-refractivity contribution < 1.29 is 19.4 Å². The van der Waals surface area contributed by atoms with Crippen LogP contribution >= 0.6 is 0 Å². The molecule has 0 spiro atoms. The summed E-state index contributed by atoms with van der Waals surface area (Å²) in [5.74, 6) is -0.563. The lowest BCUT2D eigenvalue weighted by Gasteiger charge is -2.18. The van der Waals surface area contributed by atoms with Gasteiger partial charge >= 0.3 is 12.0 Å². The smallest absolute Gasteiger partial charge is 0.326 e. The molecule has 0 saturated heterocycles. The summed E-state index contributed by atoms with van der Waals surface area (Å²) in [5.41, 5.74) is 0. The van der Waals surface area contributed by atoms with E-state index in [9.17, 15) is 9.59 Å². The molecule has 2 unspecified atom stereocenters. The lowest BCUT2D eigenvalue weighted by atomic mass is 9.99. The van der Waals surface area contributed by atoms with E-state index in [0.29, 0.717) is 31.9 Å². The number of ether oxygens (including phenoxy) is 1. The number of carboxylic acids is 1. The second-order valence-electron chi connectivity index (χ2n) is 5.30. The van der Waals surface area contributed by atoms with Gasteiger partial charge in [-0.3, -0.25) is 0 Å². The molecule has 0 aromatic carbocycles. The molecule has 0 aliphatic heterocycles. The van der Waals surface area contributed by atoms with E-state index in [1.165, 1.54) is 0 Å². The van der Waals surface area contributed by atoms with Crippen LogP contribution in [0.4, 0.5) is 4.79 Å². The van der Waals surface area contributed by atoms with Gasteiger partial charge in [-0.25, -0.2) is 9.59 Å². The van der Waals surface area contributed by atoms with Crippen molar-refractivity contribution in [2.24, 2.45) is 5.92 Å². The normalized spacial score (nSPS) is 13.5. The van der Waals surface area contributed by atoms with Gasteiger partial charge < -0.3 is 20.5 Å². The zero-order valence-electron chi connectivity index (χ0n) is 13.5. The summed E-state index contributed by atoms with van der Waals surface area (Å²) in [6, 6.07) is -1.27. The van der Waals surface area contributed by atoms with Gasteiger partial charge in [0.1, 0.15) is 6.04 Å². The predicted octanol–water partition coefficient (Wildman–Crippen LogP) is 2.38. The van der Waals surface area contributed by atoms with E-state index in [0.717, 1.165) is 25.7 Å². The van der Waals surface area contributed by atoms with E-state index >= 15 is 0 Å². The van der Waals surface area contributed by atoms with Crippen molar-refractivity contribution >= 4 is 12.0 Å². The van der Waals surface area contributed by atoms with Crippen molar-refractivity contribution in [1.82, 2.24) is 10.6 Å². The van der Waals surface area contributed by atoms with Crippen LogP contribution in [0.25, 0.3) is 0 Å². The summed E-state index contributed by atoms with van der Waals surface area (Å²) in [5, 5.41) is 14.4. The molecular weight excluding hydrogens is 272 g/mol. The van der Waals surface area contributed by atoms with E-state index < -0.39 is 18.0 Å². The highest BCUT2D eigenvalue weighted by atomic mass is 16.5. The molecule has 0 aromatic heterocycles. The van der Waals surface area contributed by atoms with E-state index in [2.05, 4.69) is 24.5 Å². The summed E-state index contributed by atoms with van der Waals surface area (Å²) in [6.07, 6.45) is 5.35. The van der Waals surface area contributed by atoms with Crippen LogP contribution < -0.4 is 10.6 Å². The van der Waals surface area contributed by atoms with Crippen LogP contribution in [0, 0.1) is 5.92 Å². The van der Waals surface area contributed by atoms with Crippen molar-refractivity contribution in [3.63, 3.8) is 0 Å². The molecule has 0 bridgehead atoms. The highest BCUT2D eigenvalue weighted by Gasteiger charge is 2.19. The van der Waals surface area contributed by atoms with Crippen LogP contribution in [0.15, 0.2) is 0 Å². The Balaban J connectivity index is 4.09. The highest BCUT2D eigenvalue weighted by molar-refractivity contribution is 5.82. The van der Waals surface area contributed by atoms with Crippen molar-refractivity contribution in [2.45, 2.75) is 58.4 Å². The molecule has 0 aliphatic rings. The Hall–Kier alpha value is -1.30. The van der Waals surface area contributed by atoms with Crippen molar-refractivity contribution in [1.29, 1.82) is 0 Å². The molecule has 0 aliphatic carbocycles. The van der Waals surface area contributed by atoms with Gasteiger partial charge in [-0.2, -0.15) is 0 Å². The van der Waals surface area contributed by atoms with Crippen LogP contribution in [0.2, 0.25) is 0 Å². The molecule has 0 heterocycles. The predicted molar refractivity (Wildman–Crippen MR) is 82.4 cm³/mol. The van der Waals surface area contributed by atoms with Crippen molar-refractivity contribution in [3.05, 3.63) is 0 Å².